The Bertz CT molecular complexity index is 585. The highest BCUT2D eigenvalue weighted by molar-refractivity contribution is 5.59. The summed E-state index contributed by atoms with van der Waals surface area (Å²) in [5, 5.41) is 3.24. The molecule has 18 heavy (non-hydrogen) atoms. The summed E-state index contributed by atoms with van der Waals surface area (Å²) in [5.41, 5.74) is 2.39. The Balaban J connectivity index is 1.94. The Morgan fingerprint density at radius 2 is 2.11 bits per heavy atom. The van der Waals surface area contributed by atoms with E-state index in [-0.39, 0.29) is 5.82 Å². The van der Waals surface area contributed by atoms with Crippen LogP contribution in [-0.4, -0.2) is 9.55 Å². The zero-order chi connectivity index (χ0) is 12.7. The second-order valence-electron chi connectivity index (χ2n) is 4.88. The molecule has 1 aromatic heterocycles. The molecule has 0 radical (unpaired) electrons. The van der Waals surface area contributed by atoms with Gasteiger partial charge >= 0.3 is 0 Å². The van der Waals surface area contributed by atoms with E-state index in [1.54, 1.807) is 13.0 Å². The predicted molar refractivity (Wildman–Crippen MR) is 69.7 cm³/mol. The summed E-state index contributed by atoms with van der Waals surface area (Å²) in [6, 6.07) is 5.61. The van der Waals surface area contributed by atoms with Crippen molar-refractivity contribution in [1.82, 2.24) is 9.55 Å². The maximum absolute atomic E-state index is 13.5. The van der Waals surface area contributed by atoms with Crippen molar-refractivity contribution in [3.8, 4) is 0 Å². The summed E-state index contributed by atoms with van der Waals surface area (Å²) in [6.07, 6.45) is 4.45. The number of aromatic nitrogens is 2. The molecule has 1 N–H and O–H groups in total. The van der Waals surface area contributed by atoms with Gasteiger partial charge in [0.2, 0.25) is 5.95 Å². The fraction of sp³-hybridized carbons (Fsp3) is 0.357. The average Bonchev–Trinajstić information content (AvgIpc) is 3.10. The number of halogens is 1. The second-order valence-corrected chi connectivity index (χ2v) is 4.88. The molecule has 1 aliphatic rings. The van der Waals surface area contributed by atoms with Crippen LogP contribution in [0, 0.1) is 19.7 Å². The number of nitrogens with one attached hydrogen (secondary N) is 1. The number of imidazole rings is 1. The van der Waals surface area contributed by atoms with Gasteiger partial charge in [0, 0.05) is 23.5 Å². The van der Waals surface area contributed by atoms with Crippen LogP contribution in [0.15, 0.2) is 24.4 Å². The van der Waals surface area contributed by atoms with E-state index < -0.39 is 0 Å². The first-order chi connectivity index (χ1) is 8.65. The van der Waals surface area contributed by atoms with Crippen LogP contribution in [-0.2, 0) is 0 Å². The van der Waals surface area contributed by atoms with Crippen LogP contribution in [0.3, 0.4) is 0 Å². The van der Waals surface area contributed by atoms with E-state index in [4.69, 9.17) is 0 Å². The van der Waals surface area contributed by atoms with Gasteiger partial charge in [0.05, 0.1) is 5.69 Å². The molecule has 0 amide bonds. The van der Waals surface area contributed by atoms with Gasteiger partial charge in [-0.25, -0.2) is 9.37 Å². The lowest BCUT2D eigenvalue weighted by Gasteiger charge is -2.11. The van der Waals surface area contributed by atoms with Crippen molar-refractivity contribution in [2.75, 3.05) is 5.32 Å². The monoisotopic (exact) mass is 245 g/mol. The van der Waals surface area contributed by atoms with Gasteiger partial charge in [0.25, 0.3) is 0 Å². The first-order valence-corrected chi connectivity index (χ1v) is 6.23. The summed E-state index contributed by atoms with van der Waals surface area (Å²) >= 11 is 0. The summed E-state index contributed by atoms with van der Waals surface area (Å²) in [7, 11) is 0. The van der Waals surface area contributed by atoms with E-state index in [0.717, 1.165) is 17.3 Å². The summed E-state index contributed by atoms with van der Waals surface area (Å²) in [4.78, 5) is 4.47. The number of hydrogen-bond acceptors (Lipinski definition) is 2. The lowest BCUT2D eigenvalue weighted by atomic mass is 10.2. The van der Waals surface area contributed by atoms with E-state index in [2.05, 4.69) is 21.1 Å². The highest BCUT2D eigenvalue weighted by Crippen LogP contribution is 2.38. The molecule has 0 unspecified atom stereocenters. The molecule has 3 nitrogen and oxygen atoms in total. The largest absolute Gasteiger partial charge is 0.325 e. The van der Waals surface area contributed by atoms with Crippen LogP contribution in [0.4, 0.5) is 16.0 Å². The maximum Gasteiger partial charge on any atom is 0.207 e. The molecule has 2 aromatic rings. The molecule has 0 bridgehead atoms. The topological polar surface area (TPSA) is 29.9 Å². The molecule has 3 rings (SSSR count). The van der Waals surface area contributed by atoms with Crippen LogP contribution >= 0.6 is 0 Å². The Kier molecular flexibility index (Phi) is 2.58. The number of benzene rings is 1. The molecular formula is C14H16FN3. The first-order valence-electron chi connectivity index (χ1n) is 6.23. The van der Waals surface area contributed by atoms with Crippen molar-refractivity contribution >= 4 is 11.6 Å². The van der Waals surface area contributed by atoms with Crippen LogP contribution in [0.25, 0.3) is 0 Å². The quantitative estimate of drug-likeness (QED) is 0.893. The third-order valence-corrected chi connectivity index (χ3v) is 3.31. The SMILES string of the molecule is Cc1cn(C2CC2)c(Nc2cccc(F)c2C)n1. The fourth-order valence-corrected chi connectivity index (χ4v) is 2.10. The van der Waals surface area contributed by atoms with Crippen molar-refractivity contribution in [1.29, 1.82) is 0 Å². The fourth-order valence-electron chi connectivity index (χ4n) is 2.10. The number of hydrogen-bond donors (Lipinski definition) is 1. The number of anilines is 2. The smallest absolute Gasteiger partial charge is 0.207 e. The highest BCUT2D eigenvalue weighted by Gasteiger charge is 2.26. The molecule has 94 valence electrons. The Labute approximate surface area is 106 Å². The summed E-state index contributed by atoms with van der Waals surface area (Å²) in [6.45, 7) is 3.75. The minimum absolute atomic E-state index is 0.193. The van der Waals surface area contributed by atoms with E-state index >= 15 is 0 Å². The van der Waals surface area contributed by atoms with Crippen LogP contribution in [0.1, 0.15) is 30.1 Å². The standard InChI is InChI=1S/C14H16FN3/c1-9-8-18(11-6-7-11)14(16-9)17-13-5-3-4-12(15)10(13)2/h3-5,8,11H,6-7H2,1-2H3,(H,16,17). The summed E-state index contributed by atoms with van der Waals surface area (Å²) in [5.74, 6) is 0.616. The van der Waals surface area contributed by atoms with Crippen molar-refractivity contribution < 1.29 is 4.39 Å². The molecule has 0 atom stereocenters. The third-order valence-electron chi connectivity index (χ3n) is 3.31. The Hall–Kier alpha value is -1.84. The molecule has 1 aromatic carbocycles. The molecular weight excluding hydrogens is 229 g/mol. The maximum atomic E-state index is 13.5. The number of nitrogens with zero attached hydrogens (tertiary/aromatic N) is 2. The number of aryl methyl sites for hydroxylation is 1. The van der Waals surface area contributed by atoms with E-state index in [0.29, 0.717) is 11.6 Å². The van der Waals surface area contributed by atoms with Crippen LogP contribution in [0.2, 0.25) is 0 Å². The van der Waals surface area contributed by atoms with Gasteiger partial charge < -0.3 is 9.88 Å². The van der Waals surface area contributed by atoms with Crippen LogP contribution < -0.4 is 5.32 Å². The van der Waals surface area contributed by atoms with Gasteiger partial charge in [-0.1, -0.05) is 6.07 Å². The Morgan fingerprint density at radius 3 is 2.83 bits per heavy atom. The second kappa shape index (κ2) is 4.12. The lowest BCUT2D eigenvalue weighted by Crippen LogP contribution is -2.03. The summed E-state index contributed by atoms with van der Waals surface area (Å²) < 4.78 is 15.6. The van der Waals surface area contributed by atoms with Crippen molar-refractivity contribution in [3.05, 3.63) is 41.5 Å². The predicted octanol–water partition coefficient (Wildman–Crippen LogP) is 3.72. The molecule has 4 heteroatoms. The van der Waals surface area contributed by atoms with E-state index in [1.807, 2.05) is 13.0 Å². The molecule has 0 spiro atoms. The first kappa shape index (κ1) is 11.3. The Morgan fingerprint density at radius 1 is 1.33 bits per heavy atom. The highest BCUT2D eigenvalue weighted by atomic mass is 19.1. The molecule has 0 saturated heterocycles. The zero-order valence-electron chi connectivity index (χ0n) is 10.6. The molecule has 1 fully saturated rings. The third kappa shape index (κ3) is 1.98. The van der Waals surface area contributed by atoms with Gasteiger partial charge in [-0.15, -0.1) is 0 Å². The average molecular weight is 245 g/mol. The molecule has 0 aliphatic heterocycles. The van der Waals surface area contributed by atoms with Crippen molar-refractivity contribution in [2.45, 2.75) is 32.7 Å². The molecule has 1 heterocycles. The van der Waals surface area contributed by atoms with Gasteiger partial charge in [0.15, 0.2) is 0 Å². The van der Waals surface area contributed by atoms with Gasteiger partial charge in [-0.2, -0.15) is 0 Å². The molecule has 1 aliphatic carbocycles. The zero-order valence-corrected chi connectivity index (χ0v) is 10.6. The number of rotatable bonds is 3. The minimum atomic E-state index is -0.193. The van der Waals surface area contributed by atoms with Crippen molar-refractivity contribution in [3.63, 3.8) is 0 Å². The molecule has 1 saturated carbocycles. The van der Waals surface area contributed by atoms with Gasteiger partial charge in [0.1, 0.15) is 5.82 Å². The normalized spacial score (nSPS) is 14.8. The lowest BCUT2D eigenvalue weighted by molar-refractivity contribution is 0.619. The van der Waals surface area contributed by atoms with Crippen LogP contribution in [0.5, 0.6) is 0 Å². The van der Waals surface area contributed by atoms with Crippen molar-refractivity contribution in [2.24, 2.45) is 0 Å². The van der Waals surface area contributed by atoms with E-state index in [1.165, 1.54) is 18.9 Å². The van der Waals surface area contributed by atoms with Gasteiger partial charge in [-0.3, -0.25) is 0 Å². The van der Waals surface area contributed by atoms with Gasteiger partial charge in [-0.05, 0) is 38.8 Å². The van der Waals surface area contributed by atoms with E-state index in [9.17, 15) is 4.39 Å². The minimum Gasteiger partial charge on any atom is -0.325 e.